The van der Waals surface area contributed by atoms with Gasteiger partial charge >= 0.3 is 0 Å². The van der Waals surface area contributed by atoms with Crippen LogP contribution in [0.1, 0.15) is 49.3 Å². The van der Waals surface area contributed by atoms with Crippen LogP contribution in [0.4, 0.5) is 5.69 Å². The molecule has 0 bridgehead atoms. The standard InChI is InChI=1S/C31H32N2O2/c1-2-33-27-13-4-3-9-23(27)26-18-20(15-16-28(26)33)30-24-11-5-10-22(24)25-12-6-14-29(31(25)32-30)35-19-21-8-7-17-34-21/h3-6,9-10,12-16,18,21-22,24,30,32H,2,7-8,11,17,19H2,1H3. The van der Waals surface area contributed by atoms with Gasteiger partial charge in [0.15, 0.2) is 0 Å². The van der Waals surface area contributed by atoms with Gasteiger partial charge in [0.2, 0.25) is 0 Å². The smallest absolute Gasteiger partial charge is 0.142 e. The molecule has 4 atom stereocenters. The van der Waals surface area contributed by atoms with E-state index in [0.29, 0.717) is 18.4 Å². The summed E-state index contributed by atoms with van der Waals surface area (Å²) in [6.45, 7) is 4.67. The average molecular weight is 465 g/mol. The quantitative estimate of drug-likeness (QED) is 0.317. The maximum absolute atomic E-state index is 6.35. The topological polar surface area (TPSA) is 35.4 Å². The van der Waals surface area contributed by atoms with Crippen LogP contribution < -0.4 is 10.1 Å². The minimum atomic E-state index is 0.211. The fourth-order valence-corrected chi connectivity index (χ4v) is 6.61. The molecule has 3 aliphatic rings. The lowest BCUT2D eigenvalue weighted by Crippen LogP contribution is -2.29. The SMILES string of the molecule is CCn1c2ccccc2c2cc(C3Nc4c(OCC5CCCO5)cccc4C4C=CCC43)ccc21. The molecule has 0 radical (unpaired) electrons. The largest absolute Gasteiger partial charge is 0.489 e. The number of anilines is 1. The van der Waals surface area contributed by atoms with E-state index >= 15 is 0 Å². The molecule has 3 heterocycles. The van der Waals surface area contributed by atoms with Crippen molar-refractivity contribution in [3.63, 3.8) is 0 Å². The number of allylic oxidation sites excluding steroid dienone is 2. The van der Waals surface area contributed by atoms with Crippen molar-refractivity contribution in [2.45, 2.75) is 50.8 Å². The van der Waals surface area contributed by atoms with E-state index in [1.165, 1.54) is 32.9 Å². The van der Waals surface area contributed by atoms with Gasteiger partial charge in [0.05, 0.1) is 17.8 Å². The number of ether oxygens (including phenoxy) is 2. The summed E-state index contributed by atoms with van der Waals surface area (Å²) in [5.41, 5.74) is 6.49. The normalized spacial score (nSPS) is 25.1. The summed E-state index contributed by atoms with van der Waals surface area (Å²) in [6, 6.07) is 22.6. The van der Waals surface area contributed by atoms with Crippen molar-refractivity contribution in [2.24, 2.45) is 5.92 Å². The fraction of sp³-hybridized carbons (Fsp3) is 0.355. The number of aryl methyl sites for hydroxylation is 1. The number of nitrogens with one attached hydrogen (secondary N) is 1. The van der Waals surface area contributed by atoms with E-state index in [4.69, 9.17) is 9.47 Å². The minimum absolute atomic E-state index is 0.211. The second-order valence-corrected chi connectivity index (χ2v) is 10.2. The molecule has 2 aliphatic heterocycles. The number of rotatable bonds is 5. The van der Waals surface area contributed by atoms with Crippen LogP contribution >= 0.6 is 0 Å². The Labute approximate surface area is 206 Å². The first kappa shape index (κ1) is 21.1. The van der Waals surface area contributed by atoms with Crippen LogP contribution in [0, 0.1) is 5.92 Å². The maximum Gasteiger partial charge on any atom is 0.142 e. The number of nitrogens with zero attached hydrogens (tertiary/aromatic N) is 1. The highest BCUT2D eigenvalue weighted by molar-refractivity contribution is 6.08. The van der Waals surface area contributed by atoms with Gasteiger partial charge in [-0.25, -0.2) is 0 Å². The van der Waals surface area contributed by atoms with Crippen molar-refractivity contribution < 1.29 is 9.47 Å². The zero-order valence-corrected chi connectivity index (χ0v) is 20.2. The van der Waals surface area contributed by atoms with E-state index in [2.05, 4.69) is 89.6 Å². The van der Waals surface area contributed by atoms with Crippen molar-refractivity contribution in [2.75, 3.05) is 18.5 Å². The van der Waals surface area contributed by atoms with Crippen LogP contribution in [0.2, 0.25) is 0 Å². The second kappa shape index (κ2) is 8.46. The lowest BCUT2D eigenvalue weighted by atomic mass is 9.76. The first-order valence-electron chi connectivity index (χ1n) is 13.1. The first-order valence-corrected chi connectivity index (χ1v) is 13.1. The van der Waals surface area contributed by atoms with Crippen LogP contribution in [0.5, 0.6) is 5.75 Å². The molecule has 1 aromatic heterocycles. The molecule has 3 aromatic carbocycles. The summed E-state index contributed by atoms with van der Waals surface area (Å²) in [6.07, 6.45) is 8.29. The number of benzene rings is 3. The van der Waals surface area contributed by atoms with Gasteiger partial charge in [-0.15, -0.1) is 0 Å². The van der Waals surface area contributed by atoms with Crippen LogP contribution in [0.25, 0.3) is 21.8 Å². The molecule has 1 aliphatic carbocycles. The number of para-hydroxylation sites is 2. The molecular weight excluding hydrogens is 432 g/mol. The third-order valence-corrected chi connectivity index (χ3v) is 8.28. The molecule has 1 saturated heterocycles. The molecule has 4 heteroatoms. The minimum Gasteiger partial charge on any atom is -0.489 e. The predicted molar refractivity (Wildman–Crippen MR) is 142 cm³/mol. The van der Waals surface area contributed by atoms with Crippen molar-refractivity contribution in [3.05, 3.63) is 83.9 Å². The lowest BCUT2D eigenvalue weighted by molar-refractivity contribution is 0.0681. The highest BCUT2D eigenvalue weighted by Crippen LogP contribution is 2.52. The van der Waals surface area contributed by atoms with Crippen LogP contribution in [0.15, 0.2) is 72.8 Å². The van der Waals surface area contributed by atoms with Crippen molar-refractivity contribution in [1.29, 1.82) is 0 Å². The Kier molecular flexibility index (Phi) is 5.09. The van der Waals surface area contributed by atoms with Gasteiger partial charge in [-0.05, 0) is 67.5 Å². The zero-order valence-electron chi connectivity index (χ0n) is 20.2. The summed E-state index contributed by atoms with van der Waals surface area (Å²) in [5, 5.41) is 6.63. The Hall–Kier alpha value is -3.24. The fourth-order valence-electron chi connectivity index (χ4n) is 6.61. The first-order chi connectivity index (χ1) is 17.3. The molecule has 7 rings (SSSR count). The summed E-state index contributed by atoms with van der Waals surface area (Å²) in [4.78, 5) is 0. The van der Waals surface area contributed by atoms with E-state index in [1.54, 1.807) is 0 Å². The van der Waals surface area contributed by atoms with Gasteiger partial charge in [-0.3, -0.25) is 0 Å². The Morgan fingerprint density at radius 1 is 1.03 bits per heavy atom. The van der Waals surface area contributed by atoms with Gasteiger partial charge in [-0.1, -0.05) is 48.6 Å². The van der Waals surface area contributed by atoms with Gasteiger partial charge in [0.25, 0.3) is 0 Å². The predicted octanol–water partition coefficient (Wildman–Crippen LogP) is 7.20. The Morgan fingerprint density at radius 2 is 1.94 bits per heavy atom. The molecule has 4 unspecified atom stereocenters. The molecule has 178 valence electrons. The molecule has 1 N–H and O–H groups in total. The summed E-state index contributed by atoms with van der Waals surface area (Å²) in [5.74, 6) is 1.87. The van der Waals surface area contributed by atoms with Crippen molar-refractivity contribution in [3.8, 4) is 5.75 Å². The molecule has 4 nitrogen and oxygen atoms in total. The Morgan fingerprint density at radius 3 is 2.83 bits per heavy atom. The Bertz CT molecular complexity index is 1430. The maximum atomic E-state index is 6.35. The van der Waals surface area contributed by atoms with Crippen LogP contribution in [-0.2, 0) is 11.3 Å². The molecular formula is C31H32N2O2. The van der Waals surface area contributed by atoms with Crippen molar-refractivity contribution >= 4 is 27.5 Å². The van der Waals surface area contributed by atoms with Crippen molar-refractivity contribution in [1.82, 2.24) is 4.57 Å². The summed E-state index contributed by atoms with van der Waals surface area (Å²) < 4.78 is 14.6. The molecule has 35 heavy (non-hydrogen) atoms. The monoisotopic (exact) mass is 464 g/mol. The number of fused-ring (bicyclic) bond motifs is 6. The summed E-state index contributed by atoms with van der Waals surface area (Å²) >= 11 is 0. The number of aromatic nitrogens is 1. The number of hydrogen-bond donors (Lipinski definition) is 1. The Balaban J connectivity index is 1.29. The molecule has 1 fully saturated rings. The number of hydrogen-bond acceptors (Lipinski definition) is 3. The average Bonchev–Trinajstić information content (AvgIpc) is 3.66. The van der Waals surface area contributed by atoms with Gasteiger partial charge in [0, 0.05) is 40.9 Å². The van der Waals surface area contributed by atoms with Gasteiger partial charge in [-0.2, -0.15) is 0 Å². The van der Waals surface area contributed by atoms with E-state index in [1.807, 2.05) is 0 Å². The van der Waals surface area contributed by atoms with E-state index < -0.39 is 0 Å². The van der Waals surface area contributed by atoms with Crippen LogP contribution in [0.3, 0.4) is 0 Å². The lowest BCUT2D eigenvalue weighted by Gasteiger charge is -2.38. The third-order valence-electron chi connectivity index (χ3n) is 8.28. The molecule has 0 spiro atoms. The molecule has 0 amide bonds. The highest BCUT2D eigenvalue weighted by Gasteiger charge is 2.39. The highest BCUT2D eigenvalue weighted by atomic mass is 16.5. The summed E-state index contributed by atoms with van der Waals surface area (Å²) in [7, 11) is 0. The van der Waals surface area contributed by atoms with Gasteiger partial charge < -0.3 is 19.4 Å². The second-order valence-electron chi connectivity index (χ2n) is 10.2. The van der Waals surface area contributed by atoms with E-state index in [-0.39, 0.29) is 12.1 Å². The molecule has 4 aromatic rings. The van der Waals surface area contributed by atoms with Gasteiger partial charge in [0.1, 0.15) is 12.4 Å². The van der Waals surface area contributed by atoms with E-state index in [9.17, 15) is 0 Å². The molecule has 0 saturated carbocycles. The van der Waals surface area contributed by atoms with E-state index in [0.717, 1.165) is 43.9 Å². The zero-order chi connectivity index (χ0) is 23.4. The van der Waals surface area contributed by atoms with Crippen LogP contribution in [-0.4, -0.2) is 23.9 Å². The third kappa shape index (κ3) is 3.38.